The number of nitrogens with zero attached hydrogens (tertiary/aromatic N) is 6. The third kappa shape index (κ3) is 3.95. The molecule has 0 aromatic carbocycles. The van der Waals surface area contributed by atoms with Crippen LogP contribution in [0.15, 0.2) is 36.5 Å². The lowest BCUT2D eigenvalue weighted by molar-refractivity contribution is 0.353. The first-order valence-corrected chi connectivity index (χ1v) is 10.9. The lowest BCUT2D eigenvalue weighted by Gasteiger charge is -2.36. The monoisotopic (exact) mass is 433 g/mol. The predicted octanol–water partition coefficient (Wildman–Crippen LogP) is 2.73. The summed E-state index contributed by atoms with van der Waals surface area (Å²) in [5, 5.41) is 20.5. The molecule has 2 aliphatic rings. The van der Waals surface area contributed by atoms with Gasteiger partial charge < -0.3 is 19.7 Å². The summed E-state index contributed by atoms with van der Waals surface area (Å²) in [7, 11) is 5.27. The smallest absolute Gasteiger partial charge is 0.233 e. The molecule has 2 fully saturated rings. The van der Waals surface area contributed by atoms with E-state index < -0.39 is 0 Å². The molecule has 9 heteroatoms. The molecule has 0 spiro atoms. The second-order valence-electron chi connectivity index (χ2n) is 8.39. The third-order valence-corrected chi connectivity index (χ3v) is 6.48. The molecular formula is C23H27N7O2. The van der Waals surface area contributed by atoms with Crippen molar-refractivity contribution in [2.75, 3.05) is 26.2 Å². The number of methoxy groups -OCH3 is 2. The highest BCUT2D eigenvalue weighted by Crippen LogP contribution is 2.33. The van der Waals surface area contributed by atoms with Crippen molar-refractivity contribution >= 4 is 5.82 Å². The molecule has 2 unspecified atom stereocenters. The number of piperidine rings is 1. The van der Waals surface area contributed by atoms with Gasteiger partial charge in [-0.2, -0.15) is 5.10 Å². The van der Waals surface area contributed by atoms with E-state index in [1.807, 2.05) is 24.3 Å². The van der Waals surface area contributed by atoms with Crippen LogP contribution in [0, 0.1) is 0 Å². The van der Waals surface area contributed by atoms with Crippen LogP contribution in [0.2, 0.25) is 0 Å². The Morgan fingerprint density at radius 3 is 2.41 bits per heavy atom. The first-order valence-electron chi connectivity index (χ1n) is 10.9. The average Bonchev–Trinajstić information content (AvgIpc) is 3.20. The van der Waals surface area contributed by atoms with Crippen molar-refractivity contribution < 1.29 is 9.47 Å². The fraction of sp³-hybridized carbons (Fsp3) is 0.435. The fourth-order valence-corrected chi connectivity index (χ4v) is 4.73. The van der Waals surface area contributed by atoms with Gasteiger partial charge in [-0.05, 0) is 49.9 Å². The first-order chi connectivity index (χ1) is 15.6. The molecule has 3 aromatic heterocycles. The van der Waals surface area contributed by atoms with Crippen LogP contribution in [0.1, 0.15) is 25.7 Å². The van der Waals surface area contributed by atoms with Gasteiger partial charge in [0.15, 0.2) is 5.82 Å². The van der Waals surface area contributed by atoms with Crippen molar-refractivity contribution in [1.29, 1.82) is 0 Å². The zero-order chi connectivity index (χ0) is 22.1. The van der Waals surface area contributed by atoms with Gasteiger partial charge in [0.05, 0.1) is 26.1 Å². The Kier molecular flexibility index (Phi) is 5.57. The maximum atomic E-state index is 5.54. The highest BCUT2D eigenvalue weighted by atomic mass is 16.5. The van der Waals surface area contributed by atoms with Crippen molar-refractivity contribution in [2.24, 2.45) is 0 Å². The quantitative estimate of drug-likeness (QED) is 0.629. The number of pyridine rings is 1. The summed E-state index contributed by atoms with van der Waals surface area (Å²) < 4.78 is 10.7. The Morgan fingerprint density at radius 2 is 1.72 bits per heavy atom. The van der Waals surface area contributed by atoms with Crippen LogP contribution in [0.4, 0.5) is 5.82 Å². The van der Waals surface area contributed by atoms with Crippen molar-refractivity contribution in [1.82, 2.24) is 30.7 Å². The highest BCUT2D eigenvalue weighted by Gasteiger charge is 2.35. The summed E-state index contributed by atoms with van der Waals surface area (Å²) in [5.41, 5.74) is 3.00. The van der Waals surface area contributed by atoms with Gasteiger partial charge in [-0.1, -0.05) is 0 Å². The SMILES string of the molecule is COc1cc(-c2ccc(-c3ccc(N(C)C4CC5CCC(C4)N5)nn3)nc2OC)cnn1. The lowest BCUT2D eigenvalue weighted by atomic mass is 9.98. The number of fused-ring (bicyclic) bond motifs is 2. The predicted molar refractivity (Wildman–Crippen MR) is 121 cm³/mol. The maximum absolute atomic E-state index is 5.54. The van der Waals surface area contributed by atoms with Gasteiger partial charge in [0.25, 0.3) is 0 Å². The first kappa shape index (κ1) is 20.6. The molecule has 32 heavy (non-hydrogen) atoms. The van der Waals surface area contributed by atoms with Crippen molar-refractivity contribution in [3.63, 3.8) is 0 Å². The molecule has 166 valence electrons. The second-order valence-corrected chi connectivity index (χ2v) is 8.39. The Balaban J connectivity index is 1.36. The molecule has 0 aliphatic carbocycles. The summed E-state index contributed by atoms with van der Waals surface area (Å²) in [5.74, 6) is 1.80. The van der Waals surface area contributed by atoms with Crippen LogP contribution in [0.3, 0.4) is 0 Å². The number of anilines is 1. The van der Waals surface area contributed by atoms with Gasteiger partial charge in [-0.15, -0.1) is 15.3 Å². The molecule has 5 rings (SSSR count). The van der Waals surface area contributed by atoms with Crippen LogP contribution < -0.4 is 19.7 Å². The van der Waals surface area contributed by atoms with E-state index in [4.69, 9.17) is 9.47 Å². The summed E-state index contributed by atoms with van der Waals surface area (Å²) in [6, 6.07) is 11.4. The average molecular weight is 434 g/mol. The third-order valence-electron chi connectivity index (χ3n) is 6.48. The molecule has 2 saturated heterocycles. The number of rotatable bonds is 6. The van der Waals surface area contributed by atoms with Gasteiger partial charge in [-0.25, -0.2) is 4.98 Å². The van der Waals surface area contributed by atoms with Crippen molar-refractivity contribution in [3.8, 4) is 34.3 Å². The molecule has 9 nitrogen and oxygen atoms in total. The van der Waals surface area contributed by atoms with E-state index >= 15 is 0 Å². The van der Waals surface area contributed by atoms with Crippen molar-refractivity contribution in [2.45, 2.75) is 43.8 Å². The number of aromatic nitrogens is 5. The van der Waals surface area contributed by atoms with Crippen LogP contribution in [0.25, 0.3) is 22.5 Å². The Hall–Kier alpha value is -3.33. The zero-order valence-electron chi connectivity index (χ0n) is 18.5. The van der Waals surface area contributed by atoms with Crippen LogP contribution >= 0.6 is 0 Å². The van der Waals surface area contributed by atoms with E-state index in [9.17, 15) is 0 Å². The largest absolute Gasteiger partial charge is 0.481 e. The van der Waals surface area contributed by atoms with E-state index in [2.05, 4.69) is 42.6 Å². The molecule has 0 saturated carbocycles. The Morgan fingerprint density at radius 1 is 0.938 bits per heavy atom. The zero-order valence-corrected chi connectivity index (χ0v) is 18.5. The minimum Gasteiger partial charge on any atom is -0.481 e. The van der Waals surface area contributed by atoms with Gasteiger partial charge in [0.1, 0.15) is 5.69 Å². The molecule has 3 aromatic rings. The van der Waals surface area contributed by atoms with Crippen LogP contribution in [-0.4, -0.2) is 64.8 Å². The molecule has 5 heterocycles. The van der Waals surface area contributed by atoms with E-state index in [1.165, 1.54) is 12.8 Å². The Bertz CT molecular complexity index is 1080. The summed E-state index contributed by atoms with van der Waals surface area (Å²) in [6.45, 7) is 0. The highest BCUT2D eigenvalue weighted by molar-refractivity contribution is 5.71. The van der Waals surface area contributed by atoms with Crippen LogP contribution in [-0.2, 0) is 0 Å². The minimum atomic E-state index is 0.431. The molecule has 2 aliphatic heterocycles. The molecule has 0 amide bonds. The normalized spacial score (nSPS) is 21.9. The minimum absolute atomic E-state index is 0.431. The van der Waals surface area contributed by atoms with Gasteiger partial charge in [0, 0.05) is 42.4 Å². The molecule has 1 N–H and O–H groups in total. The van der Waals surface area contributed by atoms with Gasteiger partial charge in [0.2, 0.25) is 11.8 Å². The fourth-order valence-electron chi connectivity index (χ4n) is 4.73. The second kappa shape index (κ2) is 8.66. The van der Waals surface area contributed by atoms with E-state index in [-0.39, 0.29) is 0 Å². The van der Waals surface area contributed by atoms with E-state index in [0.717, 1.165) is 29.8 Å². The van der Waals surface area contributed by atoms with Gasteiger partial charge >= 0.3 is 0 Å². The van der Waals surface area contributed by atoms with Crippen molar-refractivity contribution in [3.05, 3.63) is 36.5 Å². The molecule has 0 radical (unpaired) electrons. The van der Waals surface area contributed by atoms with Gasteiger partial charge in [-0.3, -0.25) is 0 Å². The van der Waals surface area contributed by atoms with E-state index in [0.29, 0.717) is 41.3 Å². The summed E-state index contributed by atoms with van der Waals surface area (Å²) >= 11 is 0. The molecular weight excluding hydrogens is 406 g/mol. The van der Waals surface area contributed by atoms with Crippen LogP contribution in [0.5, 0.6) is 11.8 Å². The van der Waals surface area contributed by atoms with E-state index in [1.54, 1.807) is 26.5 Å². The summed E-state index contributed by atoms with van der Waals surface area (Å²) in [4.78, 5) is 6.92. The number of nitrogens with one attached hydrogen (secondary N) is 1. The summed E-state index contributed by atoms with van der Waals surface area (Å²) in [6.07, 6.45) is 6.53. The number of hydrogen-bond donors (Lipinski definition) is 1. The number of ether oxygens (including phenoxy) is 2. The topological polar surface area (TPSA) is 98.2 Å². The maximum Gasteiger partial charge on any atom is 0.233 e. The molecule has 2 bridgehead atoms. The Labute approximate surface area is 187 Å². The number of hydrogen-bond acceptors (Lipinski definition) is 9. The standard InChI is InChI=1S/C23H27N7O2/c1-30(17-11-15-4-5-16(12-17)25-15)21-9-8-20(27-28-21)19-7-6-18(23(26-19)32-3)14-10-22(31-2)29-24-13-14/h6-10,13,15-17,25H,4-5,11-12H2,1-3H3. The molecule has 2 atom stereocenters. The lowest BCUT2D eigenvalue weighted by Crippen LogP contribution is -2.47.